The average Bonchev–Trinajstić information content (AvgIpc) is 2.72. The van der Waals surface area contributed by atoms with Gasteiger partial charge in [-0.25, -0.2) is 0 Å². The number of rotatable bonds is 2. The maximum atomic E-state index is 11.5. The molecule has 2 rings (SSSR count). The summed E-state index contributed by atoms with van der Waals surface area (Å²) in [6.07, 6.45) is -0.423. The van der Waals surface area contributed by atoms with Crippen molar-refractivity contribution in [2.24, 2.45) is 0 Å². The van der Waals surface area contributed by atoms with Crippen LogP contribution in [0.4, 0.5) is 5.13 Å². The third-order valence-corrected chi connectivity index (χ3v) is 2.42. The number of carbonyl (C=O) groups is 1. The molecule has 1 aliphatic heterocycles. The second kappa shape index (κ2) is 5.96. The van der Waals surface area contributed by atoms with Crippen molar-refractivity contribution >= 4 is 34.8 Å². The quantitative estimate of drug-likeness (QED) is 0.766. The van der Waals surface area contributed by atoms with Gasteiger partial charge in [-0.15, -0.1) is 22.6 Å². The van der Waals surface area contributed by atoms with E-state index in [0.717, 1.165) is 6.54 Å². The van der Waals surface area contributed by atoms with Crippen molar-refractivity contribution < 1.29 is 9.53 Å². The molecule has 1 atom stereocenters. The zero-order chi connectivity index (χ0) is 9.80. The van der Waals surface area contributed by atoms with Gasteiger partial charge in [0.2, 0.25) is 5.13 Å². The van der Waals surface area contributed by atoms with E-state index >= 15 is 0 Å². The predicted octanol–water partition coefficient (Wildman–Crippen LogP) is -0.113. The summed E-state index contributed by atoms with van der Waals surface area (Å²) in [5.41, 5.74) is 1.57. The molecule has 1 saturated heterocycles. The number of morpholine rings is 1. The highest BCUT2D eigenvalue weighted by Gasteiger charge is 2.22. The van der Waals surface area contributed by atoms with Gasteiger partial charge in [-0.1, -0.05) is 11.3 Å². The number of hydrogen-bond donors (Lipinski definition) is 2. The number of carbonyl (C=O) groups excluding carboxylic acids is 1. The summed E-state index contributed by atoms with van der Waals surface area (Å²) >= 11 is 1.29. The Labute approximate surface area is 96.8 Å². The molecule has 84 valence electrons. The molecule has 1 aromatic rings. The monoisotopic (exact) mass is 250 g/mol. The second-order valence-corrected chi connectivity index (χ2v) is 3.63. The molecular formula is C7H11ClN4O2S. The van der Waals surface area contributed by atoms with Gasteiger partial charge in [0.05, 0.1) is 6.61 Å². The first-order valence-electron chi connectivity index (χ1n) is 4.25. The summed E-state index contributed by atoms with van der Waals surface area (Å²) in [5.74, 6) is -0.172. The van der Waals surface area contributed by atoms with Crippen LogP contribution in [0.15, 0.2) is 5.51 Å². The van der Waals surface area contributed by atoms with E-state index < -0.39 is 6.10 Å². The van der Waals surface area contributed by atoms with E-state index in [2.05, 4.69) is 20.8 Å². The summed E-state index contributed by atoms with van der Waals surface area (Å²) in [7, 11) is 0. The minimum absolute atomic E-state index is 0. The van der Waals surface area contributed by atoms with Crippen LogP contribution in [0, 0.1) is 0 Å². The van der Waals surface area contributed by atoms with Crippen molar-refractivity contribution in [3.05, 3.63) is 5.51 Å². The number of nitrogens with zero attached hydrogens (tertiary/aromatic N) is 2. The third-order valence-electron chi connectivity index (χ3n) is 1.81. The van der Waals surface area contributed by atoms with E-state index in [1.54, 1.807) is 5.51 Å². The molecule has 0 aliphatic carbocycles. The summed E-state index contributed by atoms with van der Waals surface area (Å²) in [5, 5.41) is 13.5. The zero-order valence-corrected chi connectivity index (χ0v) is 9.44. The van der Waals surface area contributed by atoms with Gasteiger partial charge >= 0.3 is 0 Å². The Morgan fingerprint density at radius 2 is 2.60 bits per heavy atom. The topological polar surface area (TPSA) is 76.1 Å². The molecular weight excluding hydrogens is 240 g/mol. The summed E-state index contributed by atoms with van der Waals surface area (Å²) < 4.78 is 5.27. The number of amides is 1. The molecule has 1 amide bonds. The Kier molecular flexibility index (Phi) is 4.89. The fourth-order valence-corrected chi connectivity index (χ4v) is 1.60. The van der Waals surface area contributed by atoms with E-state index in [1.807, 2.05) is 0 Å². The third kappa shape index (κ3) is 3.38. The predicted molar refractivity (Wildman–Crippen MR) is 58.4 cm³/mol. The lowest BCUT2D eigenvalue weighted by molar-refractivity contribution is -0.128. The number of ether oxygens (including phenoxy) is 1. The molecule has 2 N–H and O–H groups in total. The lowest BCUT2D eigenvalue weighted by Gasteiger charge is -2.21. The molecule has 0 unspecified atom stereocenters. The number of anilines is 1. The largest absolute Gasteiger partial charge is 0.366 e. The van der Waals surface area contributed by atoms with E-state index in [1.165, 1.54) is 11.3 Å². The van der Waals surface area contributed by atoms with Gasteiger partial charge in [0.25, 0.3) is 5.91 Å². The van der Waals surface area contributed by atoms with Crippen molar-refractivity contribution in [3.8, 4) is 0 Å². The highest BCUT2D eigenvalue weighted by Crippen LogP contribution is 2.09. The maximum absolute atomic E-state index is 11.5. The molecule has 0 radical (unpaired) electrons. The van der Waals surface area contributed by atoms with Crippen molar-refractivity contribution in [1.29, 1.82) is 0 Å². The molecule has 2 heterocycles. The van der Waals surface area contributed by atoms with Crippen molar-refractivity contribution in [1.82, 2.24) is 15.5 Å². The van der Waals surface area contributed by atoms with Crippen LogP contribution in [-0.4, -0.2) is 41.9 Å². The fourth-order valence-electron chi connectivity index (χ4n) is 1.15. The summed E-state index contributed by atoms with van der Waals surface area (Å²) in [6.45, 7) is 1.90. The Morgan fingerprint density at radius 1 is 1.73 bits per heavy atom. The number of aromatic nitrogens is 2. The van der Waals surface area contributed by atoms with Crippen LogP contribution in [-0.2, 0) is 9.53 Å². The smallest absolute Gasteiger partial charge is 0.256 e. The molecule has 6 nitrogen and oxygen atoms in total. The highest BCUT2D eigenvalue weighted by atomic mass is 35.5. The highest BCUT2D eigenvalue weighted by molar-refractivity contribution is 7.13. The molecule has 15 heavy (non-hydrogen) atoms. The van der Waals surface area contributed by atoms with Crippen LogP contribution in [0.1, 0.15) is 0 Å². The first-order valence-corrected chi connectivity index (χ1v) is 5.13. The van der Waals surface area contributed by atoms with Crippen molar-refractivity contribution in [3.63, 3.8) is 0 Å². The average molecular weight is 251 g/mol. The standard InChI is InChI=1S/C7H10N4O2S.ClH/c12-6(5-3-8-1-2-13-5)10-7-11-9-4-14-7;/h4-5,8H,1-3H2,(H,10,11,12);1H/t5-;/m1./s1. The Hall–Kier alpha value is -0.760. The lowest BCUT2D eigenvalue weighted by atomic mass is 10.3. The lowest BCUT2D eigenvalue weighted by Crippen LogP contribution is -2.45. The van der Waals surface area contributed by atoms with E-state index in [4.69, 9.17) is 4.74 Å². The molecule has 0 spiro atoms. The SMILES string of the molecule is Cl.O=C(Nc1nncs1)[C@H]1CNCCO1. The Morgan fingerprint density at radius 3 is 3.20 bits per heavy atom. The minimum Gasteiger partial charge on any atom is -0.366 e. The molecule has 0 aromatic carbocycles. The zero-order valence-electron chi connectivity index (χ0n) is 7.80. The first-order chi connectivity index (χ1) is 6.86. The Balaban J connectivity index is 0.00000112. The van der Waals surface area contributed by atoms with Crippen LogP contribution in [0.5, 0.6) is 0 Å². The molecule has 1 fully saturated rings. The minimum atomic E-state index is -0.423. The van der Waals surface area contributed by atoms with E-state index in [-0.39, 0.29) is 18.3 Å². The van der Waals surface area contributed by atoms with Gasteiger partial charge < -0.3 is 10.1 Å². The fraction of sp³-hybridized carbons (Fsp3) is 0.571. The van der Waals surface area contributed by atoms with Crippen LogP contribution in [0.25, 0.3) is 0 Å². The number of hydrogen-bond acceptors (Lipinski definition) is 6. The maximum Gasteiger partial charge on any atom is 0.256 e. The first kappa shape index (κ1) is 12.3. The molecule has 1 aliphatic rings. The van der Waals surface area contributed by atoms with Crippen LogP contribution in [0.3, 0.4) is 0 Å². The van der Waals surface area contributed by atoms with Gasteiger partial charge in [-0.05, 0) is 0 Å². The van der Waals surface area contributed by atoms with E-state index in [0.29, 0.717) is 18.3 Å². The molecule has 0 saturated carbocycles. The summed E-state index contributed by atoms with van der Waals surface area (Å²) in [6, 6.07) is 0. The van der Waals surface area contributed by atoms with Gasteiger partial charge in [-0.2, -0.15) is 0 Å². The van der Waals surface area contributed by atoms with Crippen LogP contribution in [0.2, 0.25) is 0 Å². The molecule has 1 aromatic heterocycles. The van der Waals surface area contributed by atoms with Crippen molar-refractivity contribution in [2.75, 3.05) is 25.0 Å². The van der Waals surface area contributed by atoms with Gasteiger partial charge in [0.15, 0.2) is 0 Å². The summed E-state index contributed by atoms with van der Waals surface area (Å²) in [4.78, 5) is 11.5. The van der Waals surface area contributed by atoms with E-state index in [9.17, 15) is 4.79 Å². The molecule has 8 heteroatoms. The van der Waals surface area contributed by atoms with Crippen molar-refractivity contribution in [2.45, 2.75) is 6.10 Å². The normalized spacial score (nSPS) is 20.4. The number of halogens is 1. The Bertz CT molecular complexity index is 302. The van der Waals surface area contributed by atoms with Crippen LogP contribution >= 0.6 is 23.7 Å². The van der Waals surface area contributed by atoms with Gasteiger partial charge in [0, 0.05) is 13.1 Å². The molecule has 0 bridgehead atoms. The van der Waals surface area contributed by atoms with Crippen LogP contribution < -0.4 is 10.6 Å². The second-order valence-electron chi connectivity index (χ2n) is 2.80. The van der Waals surface area contributed by atoms with Gasteiger partial charge in [0.1, 0.15) is 11.6 Å². The van der Waals surface area contributed by atoms with Gasteiger partial charge in [-0.3, -0.25) is 10.1 Å². The number of nitrogens with one attached hydrogen (secondary N) is 2.